The van der Waals surface area contributed by atoms with Crippen LogP contribution in [-0.2, 0) is 13.5 Å². The second kappa shape index (κ2) is 7.68. The van der Waals surface area contributed by atoms with Crippen LogP contribution in [0, 0.1) is 11.8 Å². The highest BCUT2D eigenvalue weighted by Gasteiger charge is 2.33. The first-order chi connectivity index (χ1) is 11.5. The first-order valence-corrected chi connectivity index (χ1v) is 9.59. The molecule has 1 amide bonds. The van der Waals surface area contributed by atoms with Crippen molar-refractivity contribution in [1.82, 2.24) is 20.0 Å². The summed E-state index contributed by atoms with van der Waals surface area (Å²) >= 11 is 0. The van der Waals surface area contributed by atoms with Gasteiger partial charge in [-0.3, -0.25) is 9.48 Å². The molecule has 0 unspecified atom stereocenters. The molecule has 0 aliphatic carbocycles. The summed E-state index contributed by atoms with van der Waals surface area (Å²) in [4.78, 5) is 15.2. The van der Waals surface area contributed by atoms with E-state index in [2.05, 4.69) is 29.2 Å². The van der Waals surface area contributed by atoms with Gasteiger partial charge in [0.1, 0.15) is 5.69 Å². The molecule has 3 heterocycles. The molecule has 0 bridgehead atoms. The van der Waals surface area contributed by atoms with Crippen LogP contribution in [-0.4, -0.2) is 46.3 Å². The Labute approximate surface area is 145 Å². The van der Waals surface area contributed by atoms with E-state index in [0.717, 1.165) is 18.7 Å². The van der Waals surface area contributed by atoms with Crippen molar-refractivity contribution in [3.05, 3.63) is 17.5 Å². The number of hydrogen-bond acceptors (Lipinski definition) is 3. The van der Waals surface area contributed by atoms with Crippen LogP contribution in [0.2, 0.25) is 0 Å². The number of rotatable bonds is 5. The predicted octanol–water partition coefficient (Wildman–Crippen LogP) is 2.61. The summed E-state index contributed by atoms with van der Waals surface area (Å²) < 4.78 is 1.72. The van der Waals surface area contributed by atoms with Crippen molar-refractivity contribution in [3.8, 4) is 0 Å². The monoisotopic (exact) mass is 332 g/mol. The van der Waals surface area contributed by atoms with Gasteiger partial charge in [-0.1, -0.05) is 20.3 Å². The molecule has 5 nitrogen and oxygen atoms in total. The fourth-order valence-electron chi connectivity index (χ4n) is 4.39. The molecule has 5 heteroatoms. The van der Waals surface area contributed by atoms with Gasteiger partial charge in [-0.05, 0) is 63.1 Å². The smallest absolute Gasteiger partial charge is 0.269 e. The third-order valence-electron chi connectivity index (χ3n) is 5.53. The summed E-state index contributed by atoms with van der Waals surface area (Å²) in [6, 6.07) is 2.62. The number of piperidine rings is 2. The standard InChI is InChI=1S/C19H32N4O/c1-14(2)11-16-12-18(22(3)21-16)19(24)20-13-15-7-6-10-23-9-5-4-8-17(15)23/h12,14-15,17H,4-11,13H2,1-3H3,(H,20,24)/t15-,17+/m1/s1. The number of aromatic nitrogens is 2. The Hall–Kier alpha value is -1.36. The van der Waals surface area contributed by atoms with Gasteiger partial charge in [0.2, 0.25) is 0 Å². The molecule has 0 aromatic carbocycles. The van der Waals surface area contributed by atoms with Crippen LogP contribution in [0.15, 0.2) is 6.07 Å². The van der Waals surface area contributed by atoms with Crippen molar-refractivity contribution in [2.24, 2.45) is 18.9 Å². The molecule has 1 aromatic heterocycles. The molecule has 1 N–H and O–H groups in total. The second-order valence-corrected chi connectivity index (χ2v) is 7.95. The number of amides is 1. The summed E-state index contributed by atoms with van der Waals surface area (Å²) in [5.41, 5.74) is 1.69. The Bertz CT molecular complexity index is 564. The number of nitrogens with one attached hydrogen (secondary N) is 1. The van der Waals surface area contributed by atoms with E-state index < -0.39 is 0 Å². The van der Waals surface area contributed by atoms with E-state index in [9.17, 15) is 4.79 Å². The van der Waals surface area contributed by atoms with Crippen LogP contribution < -0.4 is 5.32 Å². The van der Waals surface area contributed by atoms with Crippen molar-refractivity contribution >= 4 is 5.91 Å². The summed E-state index contributed by atoms with van der Waals surface area (Å²) in [6.07, 6.45) is 7.40. The van der Waals surface area contributed by atoms with Gasteiger partial charge in [0.25, 0.3) is 5.91 Å². The molecule has 0 radical (unpaired) electrons. The molecule has 2 aliphatic rings. The van der Waals surface area contributed by atoms with Crippen LogP contribution in [0.1, 0.15) is 62.1 Å². The van der Waals surface area contributed by atoms with Gasteiger partial charge in [0.15, 0.2) is 0 Å². The number of carbonyl (C=O) groups excluding carboxylic acids is 1. The Morgan fingerprint density at radius 3 is 2.88 bits per heavy atom. The largest absolute Gasteiger partial charge is 0.350 e. The van der Waals surface area contributed by atoms with E-state index in [4.69, 9.17) is 0 Å². The molecule has 134 valence electrons. The zero-order valence-electron chi connectivity index (χ0n) is 15.4. The molecule has 3 rings (SSSR count). The van der Waals surface area contributed by atoms with E-state index in [1.165, 1.54) is 45.2 Å². The SMILES string of the molecule is CC(C)Cc1cc(C(=O)NC[C@H]2CCCN3CCCC[C@@H]23)n(C)n1. The topological polar surface area (TPSA) is 50.2 Å². The van der Waals surface area contributed by atoms with Gasteiger partial charge in [-0.25, -0.2) is 0 Å². The van der Waals surface area contributed by atoms with E-state index in [1.54, 1.807) is 4.68 Å². The molecule has 2 aliphatic heterocycles. The van der Waals surface area contributed by atoms with Crippen LogP contribution in [0.5, 0.6) is 0 Å². The zero-order valence-corrected chi connectivity index (χ0v) is 15.4. The minimum Gasteiger partial charge on any atom is -0.350 e. The first-order valence-electron chi connectivity index (χ1n) is 9.59. The van der Waals surface area contributed by atoms with Crippen molar-refractivity contribution < 1.29 is 4.79 Å². The molecular formula is C19H32N4O. The number of nitrogens with zero attached hydrogens (tertiary/aromatic N) is 3. The lowest BCUT2D eigenvalue weighted by Gasteiger charge is -2.44. The molecule has 24 heavy (non-hydrogen) atoms. The molecule has 2 saturated heterocycles. The van der Waals surface area contributed by atoms with Crippen molar-refractivity contribution in [2.75, 3.05) is 19.6 Å². The second-order valence-electron chi connectivity index (χ2n) is 7.95. The summed E-state index contributed by atoms with van der Waals surface area (Å²) in [6.45, 7) is 7.64. The minimum absolute atomic E-state index is 0.0212. The van der Waals surface area contributed by atoms with E-state index in [-0.39, 0.29) is 5.91 Å². The zero-order chi connectivity index (χ0) is 17.1. The number of carbonyl (C=O) groups is 1. The van der Waals surface area contributed by atoms with Gasteiger partial charge in [-0.15, -0.1) is 0 Å². The van der Waals surface area contributed by atoms with Crippen molar-refractivity contribution in [1.29, 1.82) is 0 Å². The Morgan fingerprint density at radius 2 is 2.08 bits per heavy atom. The highest BCUT2D eigenvalue weighted by molar-refractivity contribution is 5.92. The average molecular weight is 332 g/mol. The molecule has 1 aromatic rings. The fourth-order valence-corrected chi connectivity index (χ4v) is 4.39. The van der Waals surface area contributed by atoms with Gasteiger partial charge >= 0.3 is 0 Å². The number of fused-ring (bicyclic) bond motifs is 1. The summed E-state index contributed by atoms with van der Waals surface area (Å²) in [7, 11) is 1.86. The molecule has 0 spiro atoms. The highest BCUT2D eigenvalue weighted by atomic mass is 16.2. The van der Waals surface area contributed by atoms with Crippen LogP contribution in [0.3, 0.4) is 0 Å². The lowest BCUT2D eigenvalue weighted by atomic mass is 9.83. The Kier molecular flexibility index (Phi) is 5.59. The van der Waals surface area contributed by atoms with Crippen LogP contribution in [0.25, 0.3) is 0 Å². The Morgan fingerprint density at radius 1 is 1.29 bits per heavy atom. The maximum Gasteiger partial charge on any atom is 0.269 e. The quantitative estimate of drug-likeness (QED) is 0.902. The van der Waals surface area contributed by atoms with E-state index in [0.29, 0.717) is 23.6 Å². The summed E-state index contributed by atoms with van der Waals surface area (Å²) in [5.74, 6) is 1.18. The van der Waals surface area contributed by atoms with E-state index in [1.807, 2.05) is 13.1 Å². The van der Waals surface area contributed by atoms with Crippen LogP contribution in [0.4, 0.5) is 0 Å². The lowest BCUT2D eigenvalue weighted by molar-refractivity contribution is 0.0574. The highest BCUT2D eigenvalue weighted by Crippen LogP contribution is 2.30. The maximum absolute atomic E-state index is 12.6. The molecular weight excluding hydrogens is 300 g/mol. The average Bonchev–Trinajstić information content (AvgIpc) is 2.92. The van der Waals surface area contributed by atoms with Gasteiger partial charge in [0.05, 0.1) is 5.69 Å². The Balaban J connectivity index is 1.58. The third kappa shape index (κ3) is 4.00. The van der Waals surface area contributed by atoms with Gasteiger partial charge < -0.3 is 10.2 Å². The normalized spacial score (nSPS) is 24.8. The predicted molar refractivity (Wildman–Crippen MR) is 96.0 cm³/mol. The summed E-state index contributed by atoms with van der Waals surface area (Å²) in [5, 5.41) is 7.66. The fraction of sp³-hybridized carbons (Fsp3) is 0.789. The van der Waals surface area contributed by atoms with Crippen molar-refractivity contribution in [2.45, 2.75) is 58.4 Å². The maximum atomic E-state index is 12.6. The van der Waals surface area contributed by atoms with Gasteiger partial charge in [-0.2, -0.15) is 5.10 Å². The first kappa shape index (κ1) is 17.5. The molecule has 2 atom stereocenters. The molecule has 2 fully saturated rings. The van der Waals surface area contributed by atoms with Crippen molar-refractivity contribution in [3.63, 3.8) is 0 Å². The molecule has 0 saturated carbocycles. The number of aryl methyl sites for hydroxylation is 1. The number of hydrogen-bond donors (Lipinski definition) is 1. The minimum atomic E-state index is 0.0212. The van der Waals surface area contributed by atoms with Gasteiger partial charge in [0, 0.05) is 19.6 Å². The van der Waals surface area contributed by atoms with Crippen LogP contribution >= 0.6 is 0 Å². The lowest BCUT2D eigenvalue weighted by Crippen LogP contribution is -2.51. The third-order valence-corrected chi connectivity index (χ3v) is 5.53. The van der Waals surface area contributed by atoms with E-state index >= 15 is 0 Å².